The van der Waals surface area contributed by atoms with Gasteiger partial charge in [-0.25, -0.2) is 0 Å². The standard InChI is InChI=1S/C17H33N3/c1-13(2)19-11-15-14(16(15)12-19)10-18-6-8-20(9-7-18)17(3,4)5/h13-16H,6-12H2,1-5H3/t14?,15-,16+. The summed E-state index contributed by atoms with van der Waals surface area (Å²) in [5.41, 5.74) is 0.347. The van der Waals surface area contributed by atoms with Gasteiger partial charge in [-0.15, -0.1) is 0 Å². The molecule has 2 heterocycles. The van der Waals surface area contributed by atoms with Gasteiger partial charge in [0.2, 0.25) is 0 Å². The van der Waals surface area contributed by atoms with Crippen LogP contribution in [0.3, 0.4) is 0 Å². The van der Waals surface area contributed by atoms with Gasteiger partial charge in [0, 0.05) is 57.4 Å². The molecule has 0 radical (unpaired) electrons. The Labute approximate surface area is 125 Å². The number of piperazine rings is 1. The molecule has 0 spiro atoms. The Balaban J connectivity index is 1.40. The predicted molar refractivity (Wildman–Crippen MR) is 84.9 cm³/mol. The number of fused-ring (bicyclic) bond motifs is 1. The Morgan fingerprint density at radius 1 is 0.950 bits per heavy atom. The van der Waals surface area contributed by atoms with Crippen molar-refractivity contribution in [1.29, 1.82) is 0 Å². The quantitative estimate of drug-likeness (QED) is 0.782. The molecule has 3 rings (SSSR count). The maximum absolute atomic E-state index is 2.73. The summed E-state index contributed by atoms with van der Waals surface area (Å²) in [6.45, 7) is 20.9. The van der Waals surface area contributed by atoms with Crippen LogP contribution in [-0.2, 0) is 0 Å². The molecular formula is C17H33N3. The fourth-order valence-electron chi connectivity index (χ4n) is 4.27. The van der Waals surface area contributed by atoms with E-state index in [1.807, 2.05) is 0 Å². The molecule has 2 saturated heterocycles. The molecule has 20 heavy (non-hydrogen) atoms. The lowest BCUT2D eigenvalue weighted by molar-refractivity contribution is 0.0575. The number of nitrogens with zero attached hydrogens (tertiary/aromatic N) is 3. The number of likely N-dealkylation sites (tertiary alicyclic amines) is 1. The second kappa shape index (κ2) is 5.26. The smallest absolute Gasteiger partial charge is 0.0126 e. The summed E-state index contributed by atoms with van der Waals surface area (Å²) in [4.78, 5) is 8.03. The lowest BCUT2D eigenvalue weighted by Gasteiger charge is -2.42. The number of rotatable bonds is 3. The van der Waals surface area contributed by atoms with Crippen LogP contribution in [0, 0.1) is 17.8 Å². The Hall–Kier alpha value is -0.120. The molecule has 3 heteroatoms. The van der Waals surface area contributed by atoms with E-state index in [0.717, 1.165) is 23.8 Å². The molecule has 3 atom stereocenters. The number of hydrogen-bond acceptors (Lipinski definition) is 3. The zero-order valence-electron chi connectivity index (χ0n) is 14.1. The van der Waals surface area contributed by atoms with Crippen molar-refractivity contribution in [3.8, 4) is 0 Å². The van der Waals surface area contributed by atoms with Gasteiger partial charge >= 0.3 is 0 Å². The minimum Gasteiger partial charge on any atom is -0.300 e. The van der Waals surface area contributed by atoms with Crippen molar-refractivity contribution in [2.24, 2.45) is 17.8 Å². The Morgan fingerprint density at radius 2 is 1.50 bits per heavy atom. The first-order valence-corrected chi connectivity index (χ1v) is 8.57. The van der Waals surface area contributed by atoms with E-state index >= 15 is 0 Å². The van der Waals surface area contributed by atoms with Crippen molar-refractivity contribution >= 4 is 0 Å². The average molecular weight is 279 g/mol. The summed E-state index contributed by atoms with van der Waals surface area (Å²) in [6.07, 6.45) is 0. The molecule has 0 amide bonds. The first kappa shape index (κ1) is 14.8. The van der Waals surface area contributed by atoms with Crippen molar-refractivity contribution in [1.82, 2.24) is 14.7 Å². The minimum absolute atomic E-state index is 0.347. The zero-order valence-corrected chi connectivity index (χ0v) is 14.1. The lowest BCUT2D eigenvalue weighted by atomic mass is 10.0. The van der Waals surface area contributed by atoms with Gasteiger partial charge in [0.25, 0.3) is 0 Å². The van der Waals surface area contributed by atoms with Gasteiger partial charge in [0.05, 0.1) is 0 Å². The van der Waals surface area contributed by atoms with Crippen LogP contribution in [0.1, 0.15) is 34.6 Å². The van der Waals surface area contributed by atoms with Gasteiger partial charge < -0.3 is 9.80 Å². The van der Waals surface area contributed by atoms with E-state index in [9.17, 15) is 0 Å². The molecule has 3 nitrogen and oxygen atoms in total. The highest BCUT2D eigenvalue weighted by molar-refractivity contribution is 5.06. The lowest BCUT2D eigenvalue weighted by Crippen LogP contribution is -2.53. The molecule has 2 aliphatic heterocycles. The van der Waals surface area contributed by atoms with Crippen LogP contribution in [0.25, 0.3) is 0 Å². The van der Waals surface area contributed by atoms with Crippen molar-refractivity contribution in [3.63, 3.8) is 0 Å². The maximum atomic E-state index is 2.73. The first-order valence-electron chi connectivity index (χ1n) is 8.57. The number of piperidine rings is 1. The van der Waals surface area contributed by atoms with Crippen molar-refractivity contribution < 1.29 is 0 Å². The first-order chi connectivity index (χ1) is 9.36. The Bertz CT molecular complexity index is 327. The molecule has 1 saturated carbocycles. The molecule has 3 fully saturated rings. The second-order valence-corrected chi connectivity index (χ2v) is 8.50. The van der Waals surface area contributed by atoms with Gasteiger partial charge in [-0.2, -0.15) is 0 Å². The van der Waals surface area contributed by atoms with E-state index in [1.165, 1.54) is 45.8 Å². The highest BCUT2D eigenvalue weighted by Crippen LogP contribution is 2.52. The molecule has 116 valence electrons. The van der Waals surface area contributed by atoms with E-state index in [-0.39, 0.29) is 0 Å². The average Bonchev–Trinajstić information content (AvgIpc) is 2.83. The van der Waals surface area contributed by atoms with E-state index in [4.69, 9.17) is 0 Å². The summed E-state index contributed by atoms with van der Waals surface area (Å²) >= 11 is 0. The molecule has 3 aliphatic rings. The highest BCUT2D eigenvalue weighted by Gasteiger charge is 2.55. The van der Waals surface area contributed by atoms with Gasteiger partial charge in [0.1, 0.15) is 0 Å². The summed E-state index contributed by atoms with van der Waals surface area (Å²) < 4.78 is 0. The zero-order chi connectivity index (χ0) is 14.5. The molecule has 0 aromatic carbocycles. The summed E-state index contributed by atoms with van der Waals surface area (Å²) in [5, 5.41) is 0. The predicted octanol–water partition coefficient (Wildman–Crippen LogP) is 1.99. The van der Waals surface area contributed by atoms with E-state index in [2.05, 4.69) is 49.3 Å². The topological polar surface area (TPSA) is 9.72 Å². The second-order valence-electron chi connectivity index (χ2n) is 8.50. The fourth-order valence-corrected chi connectivity index (χ4v) is 4.27. The molecule has 0 aromatic heterocycles. The van der Waals surface area contributed by atoms with Crippen molar-refractivity contribution in [3.05, 3.63) is 0 Å². The highest BCUT2D eigenvalue weighted by atomic mass is 15.3. The van der Waals surface area contributed by atoms with Crippen LogP contribution < -0.4 is 0 Å². The van der Waals surface area contributed by atoms with E-state index < -0.39 is 0 Å². The largest absolute Gasteiger partial charge is 0.300 e. The van der Waals surface area contributed by atoms with Crippen LogP contribution in [0.2, 0.25) is 0 Å². The van der Waals surface area contributed by atoms with Gasteiger partial charge in [-0.3, -0.25) is 4.90 Å². The molecule has 0 N–H and O–H groups in total. The maximum Gasteiger partial charge on any atom is 0.0126 e. The summed E-state index contributed by atoms with van der Waals surface area (Å²) in [5.74, 6) is 3.07. The van der Waals surface area contributed by atoms with Gasteiger partial charge in [-0.1, -0.05) is 0 Å². The molecule has 1 aliphatic carbocycles. The third-order valence-electron chi connectivity index (χ3n) is 5.92. The van der Waals surface area contributed by atoms with Crippen LogP contribution in [0.15, 0.2) is 0 Å². The van der Waals surface area contributed by atoms with Crippen LogP contribution in [-0.4, -0.2) is 72.1 Å². The summed E-state index contributed by atoms with van der Waals surface area (Å²) in [6, 6.07) is 0.749. The molecular weight excluding hydrogens is 246 g/mol. The van der Waals surface area contributed by atoms with Crippen LogP contribution >= 0.6 is 0 Å². The third kappa shape index (κ3) is 2.90. The molecule has 0 aromatic rings. The van der Waals surface area contributed by atoms with E-state index in [1.54, 1.807) is 0 Å². The van der Waals surface area contributed by atoms with Crippen molar-refractivity contribution in [2.75, 3.05) is 45.8 Å². The number of hydrogen-bond donors (Lipinski definition) is 0. The monoisotopic (exact) mass is 279 g/mol. The normalized spacial score (nSPS) is 36.6. The third-order valence-corrected chi connectivity index (χ3v) is 5.92. The van der Waals surface area contributed by atoms with Crippen LogP contribution in [0.5, 0.6) is 0 Å². The Kier molecular flexibility index (Phi) is 3.89. The minimum atomic E-state index is 0.347. The molecule has 1 unspecified atom stereocenters. The van der Waals surface area contributed by atoms with Crippen LogP contribution in [0.4, 0.5) is 0 Å². The van der Waals surface area contributed by atoms with Gasteiger partial charge in [-0.05, 0) is 52.4 Å². The summed E-state index contributed by atoms with van der Waals surface area (Å²) in [7, 11) is 0. The SMILES string of the molecule is CC(C)N1C[C@@H]2C(CN3CCN(C(C)(C)C)CC3)[C@@H]2C1. The molecule has 0 bridgehead atoms. The van der Waals surface area contributed by atoms with Gasteiger partial charge in [0.15, 0.2) is 0 Å². The van der Waals surface area contributed by atoms with E-state index in [0.29, 0.717) is 5.54 Å². The van der Waals surface area contributed by atoms with Crippen molar-refractivity contribution in [2.45, 2.75) is 46.2 Å². The fraction of sp³-hybridized carbons (Fsp3) is 1.00. The Morgan fingerprint density at radius 3 is 1.95 bits per heavy atom.